The predicted octanol–water partition coefficient (Wildman–Crippen LogP) is 24.3. The molecule has 4 heterocycles. The van der Waals surface area contributed by atoms with E-state index in [9.17, 15) is 8.22 Å². The first kappa shape index (κ1) is 55.7. The van der Waals surface area contributed by atoms with Gasteiger partial charge in [0.25, 0.3) is 6.71 Å². The molecule has 14 aromatic carbocycles. The first-order valence-electron chi connectivity index (χ1n) is 41.2. The molecule has 0 amide bonds. The van der Waals surface area contributed by atoms with Crippen molar-refractivity contribution in [3.8, 4) is 39.1 Å². The minimum absolute atomic E-state index is 0.0622. The van der Waals surface area contributed by atoms with Crippen molar-refractivity contribution in [3.63, 3.8) is 0 Å². The topological polar surface area (TPSA) is 19.6 Å². The second kappa shape index (κ2) is 25.5. The molecule has 2 aliphatic rings. The summed E-state index contributed by atoms with van der Waals surface area (Å²) >= 11 is 0. The Bertz CT molecular complexity index is 6440. The van der Waals surface area contributed by atoms with Crippen molar-refractivity contribution in [1.29, 1.82) is 0 Å². The number of para-hydroxylation sites is 3. The molecule has 0 fully saturated rings. The standard InChI is InChI=1S/C99H86BN5/c1-97(2,3)74-43-49-88-83(59-74)84-60-75(98(4,5)6)44-50-89(84)102(88)65-67-42-47-86-92(56-67)101(53-52-66-54-72(69-30-17-11-18-31-69)57-73(55-66)70-32-19-12-20-33-70)94-61-76(99(7,8)9)62-95-96(94)100(86)87-48-45-81(64-93(87)105(95)79-39-27-34-71(58-79)68-28-15-10-16-29-68)104-90-41-26-25-40-82(90)85-63-80(46-51-91(85)104)103(77-35-21-13-22-36-77)78-37-23-14-24-38-78/h10-51,54-64H,52-53,65H2,1-9H3/i13D,21D,22D,25D,26D,35D,36D,40D,41D. The minimum atomic E-state index is -0.517. The van der Waals surface area contributed by atoms with E-state index in [2.05, 4.69) is 289 Å². The number of hydrogen-bond acceptors (Lipinski definition) is 3. The first-order chi connectivity index (χ1) is 54.7. The van der Waals surface area contributed by atoms with E-state index < -0.39 is 36.3 Å². The van der Waals surface area contributed by atoms with Gasteiger partial charge in [0.1, 0.15) is 0 Å². The number of anilines is 8. The van der Waals surface area contributed by atoms with Gasteiger partial charge in [0.2, 0.25) is 0 Å². The van der Waals surface area contributed by atoms with Gasteiger partial charge in [-0.3, -0.25) is 0 Å². The van der Waals surface area contributed by atoms with Crippen LogP contribution in [0.3, 0.4) is 0 Å². The first-order valence-corrected chi connectivity index (χ1v) is 36.7. The molecule has 0 saturated heterocycles. The van der Waals surface area contributed by atoms with Crippen molar-refractivity contribution < 1.29 is 12.3 Å². The minimum Gasteiger partial charge on any atom is -0.342 e. The van der Waals surface area contributed by atoms with Crippen molar-refractivity contribution >= 4 is 112 Å². The van der Waals surface area contributed by atoms with E-state index in [1.54, 1.807) is 4.90 Å². The fourth-order valence-corrected chi connectivity index (χ4v) is 16.3. The lowest BCUT2D eigenvalue weighted by molar-refractivity contribution is 0.590. The summed E-state index contributed by atoms with van der Waals surface area (Å²) in [7, 11) is 0. The van der Waals surface area contributed by atoms with Gasteiger partial charge in [0, 0.05) is 96.9 Å². The maximum atomic E-state index is 9.98. The Labute approximate surface area is 631 Å². The van der Waals surface area contributed by atoms with Gasteiger partial charge in [-0.05, 0) is 222 Å². The van der Waals surface area contributed by atoms with Gasteiger partial charge in [-0.25, -0.2) is 0 Å². The van der Waals surface area contributed by atoms with E-state index in [0.29, 0.717) is 47.5 Å². The monoisotopic (exact) mass is 1360 g/mol. The molecule has 0 atom stereocenters. The Kier molecular flexibility index (Phi) is 13.5. The van der Waals surface area contributed by atoms with Gasteiger partial charge in [0.05, 0.1) is 23.4 Å². The van der Waals surface area contributed by atoms with Crippen LogP contribution in [0, 0.1) is 0 Å². The fraction of sp³-hybridized carbons (Fsp3) is 0.152. The Morgan fingerprint density at radius 3 is 1.53 bits per heavy atom. The van der Waals surface area contributed by atoms with Crippen molar-refractivity contribution in [1.82, 2.24) is 9.13 Å². The lowest BCUT2D eigenvalue weighted by atomic mass is 9.33. The van der Waals surface area contributed by atoms with E-state index in [4.69, 9.17) is 4.11 Å². The number of aromatic nitrogens is 2. The van der Waals surface area contributed by atoms with E-state index in [1.807, 2.05) is 59.2 Å². The lowest BCUT2D eigenvalue weighted by Crippen LogP contribution is -2.62. The summed E-state index contributed by atoms with van der Waals surface area (Å²) in [5.74, 6) is 0. The zero-order valence-corrected chi connectivity index (χ0v) is 60.8. The third-order valence-corrected chi connectivity index (χ3v) is 21.7. The highest BCUT2D eigenvalue weighted by molar-refractivity contribution is 7.00. The van der Waals surface area contributed by atoms with Gasteiger partial charge >= 0.3 is 0 Å². The van der Waals surface area contributed by atoms with E-state index in [1.165, 1.54) is 44.0 Å². The van der Waals surface area contributed by atoms with Crippen LogP contribution in [0.4, 0.5) is 45.5 Å². The van der Waals surface area contributed by atoms with Gasteiger partial charge in [-0.1, -0.05) is 262 Å². The average molecular weight is 1370 g/mol. The molecule has 2 aromatic heterocycles. The third-order valence-electron chi connectivity index (χ3n) is 21.7. The fourth-order valence-electron chi connectivity index (χ4n) is 16.3. The number of benzene rings is 14. The average Bonchev–Trinajstić information content (AvgIpc) is 0.875. The molecular formula is C99H86BN5. The molecular weight excluding hydrogens is 1270 g/mol. The van der Waals surface area contributed by atoms with Gasteiger partial charge in [0.15, 0.2) is 0 Å². The van der Waals surface area contributed by atoms with Crippen LogP contribution in [0.25, 0.3) is 82.7 Å². The summed E-state index contributed by atoms with van der Waals surface area (Å²) in [4.78, 5) is 6.70. The quantitative estimate of drug-likeness (QED) is 0.107. The zero-order valence-electron chi connectivity index (χ0n) is 69.8. The summed E-state index contributed by atoms with van der Waals surface area (Å²) in [6, 6.07) is 91.7. The van der Waals surface area contributed by atoms with Gasteiger partial charge in [-0.2, -0.15) is 0 Å². The number of hydrogen-bond donors (Lipinski definition) is 0. The molecule has 18 rings (SSSR count). The molecule has 0 radical (unpaired) electrons. The Hall–Kier alpha value is -11.9. The van der Waals surface area contributed by atoms with Crippen molar-refractivity contribution in [3.05, 3.63) is 349 Å². The van der Waals surface area contributed by atoms with Crippen LogP contribution in [0.2, 0.25) is 0 Å². The maximum absolute atomic E-state index is 9.98. The summed E-state index contributed by atoms with van der Waals surface area (Å²) in [6.07, 6.45) is 0.712. The molecule has 0 unspecified atom stereocenters. The zero-order chi connectivity index (χ0) is 79.3. The van der Waals surface area contributed by atoms with Crippen LogP contribution in [0.15, 0.2) is 321 Å². The van der Waals surface area contributed by atoms with Crippen LogP contribution >= 0.6 is 0 Å². The maximum Gasteiger partial charge on any atom is 0.252 e. The number of fused-ring (bicyclic) bond motifs is 10. The van der Waals surface area contributed by atoms with Crippen LogP contribution in [-0.2, 0) is 29.2 Å². The molecule has 0 bridgehead atoms. The summed E-state index contributed by atoms with van der Waals surface area (Å²) in [5.41, 5.74) is 25.5. The van der Waals surface area contributed by atoms with Gasteiger partial charge < -0.3 is 23.8 Å². The Morgan fingerprint density at radius 2 is 0.895 bits per heavy atom. The molecule has 510 valence electrons. The van der Waals surface area contributed by atoms with Crippen LogP contribution in [0.1, 0.15) is 102 Å². The second-order valence-corrected chi connectivity index (χ2v) is 31.5. The Morgan fingerprint density at radius 1 is 0.343 bits per heavy atom. The van der Waals surface area contributed by atoms with Crippen molar-refractivity contribution in [2.75, 3.05) is 21.2 Å². The molecule has 0 N–H and O–H groups in total. The lowest BCUT2D eigenvalue weighted by Gasteiger charge is -2.45. The smallest absolute Gasteiger partial charge is 0.252 e. The molecule has 0 aliphatic carbocycles. The number of rotatable bonds is 13. The normalized spacial score (nSPS) is 14.1. The molecule has 0 spiro atoms. The van der Waals surface area contributed by atoms with Crippen LogP contribution < -0.4 is 31.1 Å². The second-order valence-electron chi connectivity index (χ2n) is 31.5. The Balaban J connectivity index is 0.886. The largest absolute Gasteiger partial charge is 0.342 e. The molecule has 0 saturated carbocycles. The predicted molar refractivity (Wildman–Crippen MR) is 449 cm³/mol. The molecule has 6 heteroatoms. The summed E-state index contributed by atoms with van der Waals surface area (Å²) in [5, 5.41) is 3.24. The van der Waals surface area contributed by atoms with Crippen molar-refractivity contribution in [2.24, 2.45) is 0 Å². The highest BCUT2D eigenvalue weighted by Crippen LogP contribution is 2.48. The third kappa shape index (κ3) is 11.7. The van der Waals surface area contributed by atoms with E-state index in [0.717, 1.165) is 83.9 Å². The molecule has 16 aromatic rings. The summed E-state index contributed by atoms with van der Waals surface area (Å²) < 4.78 is 87.8. The highest BCUT2D eigenvalue weighted by atomic mass is 15.2. The highest BCUT2D eigenvalue weighted by Gasteiger charge is 2.44. The van der Waals surface area contributed by atoms with Crippen LogP contribution in [0.5, 0.6) is 0 Å². The summed E-state index contributed by atoms with van der Waals surface area (Å²) in [6.45, 7) is 21.6. The molecule has 2 aliphatic heterocycles. The SMILES string of the molecule is [2H]c1c([2H])c([2H])c(N(c2ccccc2)c2ccc3c(c2)c2c([2H])c([2H])c([2H])c([2H])c2n3-c2ccc3c(c2)N(c2cccc(-c4ccccc4)c2)c2cc(C(C)(C)C)cc4c2B3c2ccc(Cn3c5ccc(C(C)(C)C)cc5c5cc(C(C)(C)C)ccc53)cc2N4CCc2cc(-c3ccccc3)cc(-c3ccccc3)c2)c([2H])c1[2H]. The van der Waals surface area contributed by atoms with Crippen LogP contribution in [-0.4, -0.2) is 22.4 Å². The molecule has 5 nitrogen and oxygen atoms in total. The molecule has 105 heavy (non-hydrogen) atoms. The van der Waals surface area contributed by atoms with E-state index in [-0.39, 0.29) is 57.7 Å². The van der Waals surface area contributed by atoms with Gasteiger partial charge in [-0.15, -0.1) is 0 Å². The number of nitrogens with zero attached hydrogens (tertiary/aromatic N) is 5. The van der Waals surface area contributed by atoms with Crippen molar-refractivity contribution in [2.45, 2.75) is 91.5 Å². The van der Waals surface area contributed by atoms with E-state index >= 15 is 0 Å².